The van der Waals surface area contributed by atoms with Gasteiger partial charge in [0.05, 0.1) is 6.54 Å². The van der Waals surface area contributed by atoms with Gasteiger partial charge in [-0.1, -0.05) is 5.16 Å². The summed E-state index contributed by atoms with van der Waals surface area (Å²) in [6, 6.07) is -0.622. The van der Waals surface area contributed by atoms with Crippen LogP contribution in [0.2, 0.25) is 0 Å². The molecule has 2 N–H and O–H groups in total. The van der Waals surface area contributed by atoms with Crippen LogP contribution in [0.1, 0.15) is 56.7 Å². The number of aromatic nitrogens is 2. The van der Waals surface area contributed by atoms with Crippen molar-refractivity contribution in [3.8, 4) is 0 Å². The predicted molar refractivity (Wildman–Crippen MR) is 92.9 cm³/mol. The third-order valence-electron chi connectivity index (χ3n) is 4.28. The second kappa shape index (κ2) is 9.29. The molecule has 1 aliphatic carbocycles. The lowest BCUT2D eigenvalue weighted by Gasteiger charge is -2.26. The number of carbonyl (C=O) groups excluding carboxylic acids is 2. The minimum absolute atomic E-state index is 0.0318. The number of carbonyl (C=O) groups is 2. The van der Waals surface area contributed by atoms with Crippen molar-refractivity contribution in [2.24, 2.45) is 0 Å². The van der Waals surface area contributed by atoms with Crippen molar-refractivity contribution in [2.45, 2.75) is 63.5 Å². The molecule has 1 heterocycles. The number of hydrogen-bond donors (Lipinski definition) is 2. The molecule has 10 heteroatoms. The van der Waals surface area contributed by atoms with Gasteiger partial charge < -0.3 is 15.2 Å². The molecule has 1 aromatic rings. The van der Waals surface area contributed by atoms with Gasteiger partial charge >= 0.3 is 0 Å². The van der Waals surface area contributed by atoms with Gasteiger partial charge in [0, 0.05) is 25.7 Å². The molecule has 1 atom stereocenters. The van der Waals surface area contributed by atoms with Gasteiger partial charge in [-0.2, -0.15) is 16.7 Å². The Balaban J connectivity index is 1.86. The van der Waals surface area contributed by atoms with Crippen molar-refractivity contribution >= 4 is 23.6 Å². The molecular formula is C16H24F2N4O3S. The summed E-state index contributed by atoms with van der Waals surface area (Å²) in [4.78, 5) is 27.7. The molecule has 0 bridgehead atoms. The number of amides is 2. The maximum Gasteiger partial charge on any atom is 0.248 e. The van der Waals surface area contributed by atoms with Gasteiger partial charge in [-0.3, -0.25) is 9.59 Å². The van der Waals surface area contributed by atoms with Gasteiger partial charge in [0.15, 0.2) is 5.82 Å². The highest BCUT2D eigenvalue weighted by atomic mass is 32.2. The molecule has 2 rings (SSSR count). The molecular weight excluding hydrogens is 366 g/mol. The van der Waals surface area contributed by atoms with E-state index in [-0.39, 0.29) is 43.0 Å². The fourth-order valence-electron chi connectivity index (χ4n) is 2.84. The number of halogens is 2. The molecule has 0 saturated heterocycles. The van der Waals surface area contributed by atoms with E-state index in [2.05, 4.69) is 20.8 Å². The number of hydrogen-bond acceptors (Lipinski definition) is 6. The van der Waals surface area contributed by atoms with Crippen molar-refractivity contribution < 1.29 is 22.9 Å². The van der Waals surface area contributed by atoms with Gasteiger partial charge in [-0.05, 0) is 31.3 Å². The molecule has 1 aliphatic rings. The summed E-state index contributed by atoms with van der Waals surface area (Å²) in [5.41, 5.74) is 0. The van der Waals surface area contributed by atoms with Gasteiger partial charge in [-0.15, -0.1) is 0 Å². The van der Waals surface area contributed by atoms with Crippen molar-refractivity contribution in [3.05, 3.63) is 11.7 Å². The Bertz CT molecular complexity index is 616. The van der Waals surface area contributed by atoms with Crippen LogP contribution in [0, 0.1) is 0 Å². The molecule has 1 fully saturated rings. The molecule has 7 nitrogen and oxygen atoms in total. The molecule has 2 amide bonds. The van der Waals surface area contributed by atoms with Crippen molar-refractivity contribution in [3.63, 3.8) is 0 Å². The van der Waals surface area contributed by atoms with E-state index in [4.69, 9.17) is 4.52 Å². The lowest BCUT2D eigenvalue weighted by Crippen LogP contribution is -2.46. The molecule has 1 saturated carbocycles. The van der Waals surface area contributed by atoms with E-state index in [0.717, 1.165) is 5.75 Å². The van der Waals surface area contributed by atoms with E-state index in [1.165, 1.54) is 6.92 Å². The molecule has 1 aromatic heterocycles. The number of nitrogens with zero attached hydrogens (tertiary/aromatic N) is 2. The van der Waals surface area contributed by atoms with Crippen molar-refractivity contribution in [1.29, 1.82) is 0 Å². The number of alkyl halides is 2. The van der Waals surface area contributed by atoms with Crippen LogP contribution in [0.25, 0.3) is 0 Å². The molecule has 0 unspecified atom stereocenters. The highest BCUT2D eigenvalue weighted by Gasteiger charge is 2.37. The van der Waals surface area contributed by atoms with Crippen LogP contribution >= 0.6 is 11.8 Å². The lowest BCUT2D eigenvalue weighted by atomic mass is 9.86. The Hall–Kier alpha value is -1.71. The lowest BCUT2D eigenvalue weighted by molar-refractivity contribution is -0.128. The monoisotopic (exact) mass is 390 g/mol. The average molecular weight is 390 g/mol. The summed E-state index contributed by atoms with van der Waals surface area (Å²) in [5.74, 6) is -1.99. The largest absolute Gasteiger partial charge is 0.345 e. The van der Waals surface area contributed by atoms with E-state index in [1.807, 2.05) is 6.26 Å². The predicted octanol–water partition coefficient (Wildman–Crippen LogP) is 2.24. The number of thioether (sulfide) groups is 1. The molecule has 0 aromatic carbocycles. The summed E-state index contributed by atoms with van der Waals surface area (Å²) in [7, 11) is 0. The molecule has 26 heavy (non-hydrogen) atoms. The third-order valence-corrected chi connectivity index (χ3v) is 4.93. The molecule has 0 spiro atoms. The standard InChI is InChI=1S/C16H24F2N4O3S/c1-10(23)20-12(5-8-26-2)15(24)19-9-13-21-14(22-25-13)11-3-6-16(17,18)7-4-11/h11-12H,3-9H2,1-2H3,(H,19,24)(H,20,23)/t12-/m0/s1. The van der Waals surface area contributed by atoms with E-state index in [0.29, 0.717) is 25.1 Å². The fraction of sp³-hybridized carbons (Fsp3) is 0.750. The van der Waals surface area contributed by atoms with Gasteiger partial charge in [0.1, 0.15) is 6.04 Å². The van der Waals surface area contributed by atoms with Crippen molar-refractivity contribution in [1.82, 2.24) is 20.8 Å². The maximum absolute atomic E-state index is 13.2. The SMILES string of the molecule is CSCC[C@H](NC(C)=O)C(=O)NCc1nc(C2CCC(F)(F)CC2)no1. The zero-order valence-corrected chi connectivity index (χ0v) is 15.7. The summed E-state index contributed by atoms with van der Waals surface area (Å²) < 4.78 is 31.5. The first-order valence-electron chi connectivity index (χ1n) is 8.55. The van der Waals surface area contributed by atoms with E-state index >= 15 is 0 Å². The van der Waals surface area contributed by atoms with Crippen LogP contribution in [0.15, 0.2) is 4.52 Å². The minimum atomic E-state index is -2.60. The zero-order valence-electron chi connectivity index (χ0n) is 14.9. The Labute approximate surface area is 155 Å². The van der Waals surface area contributed by atoms with Crippen LogP contribution in [-0.2, 0) is 16.1 Å². The van der Waals surface area contributed by atoms with E-state index < -0.39 is 12.0 Å². The first kappa shape index (κ1) is 20.6. The minimum Gasteiger partial charge on any atom is -0.345 e. The fourth-order valence-corrected chi connectivity index (χ4v) is 3.31. The van der Waals surface area contributed by atoms with Gasteiger partial charge in [0.25, 0.3) is 0 Å². The second-order valence-electron chi connectivity index (χ2n) is 6.43. The summed E-state index contributed by atoms with van der Waals surface area (Å²) >= 11 is 1.58. The van der Waals surface area contributed by atoms with Gasteiger partial charge in [-0.25, -0.2) is 8.78 Å². The van der Waals surface area contributed by atoms with Crippen molar-refractivity contribution in [2.75, 3.05) is 12.0 Å². The van der Waals surface area contributed by atoms with Crippen LogP contribution < -0.4 is 10.6 Å². The van der Waals surface area contributed by atoms with E-state index in [9.17, 15) is 18.4 Å². The average Bonchev–Trinajstić information content (AvgIpc) is 3.05. The summed E-state index contributed by atoms with van der Waals surface area (Å²) in [6.45, 7) is 1.39. The van der Waals surface area contributed by atoms with Crippen LogP contribution in [0.3, 0.4) is 0 Å². The third kappa shape index (κ3) is 6.22. The smallest absolute Gasteiger partial charge is 0.248 e. The maximum atomic E-state index is 13.2. The first-order valence-corrected chi connectivity index (χ1v) is 9.94. The quantitative estimate of drug-likeness (QED) is 0.707. The molecule has 0 radical (unpaired) electrons. The number of nitrogens with one attached hydrogen (secondary N) is 2. The molecule has 146 valence electrons. The Morgan fingerprint density at radius 3 is 2.69 bits per heavy atom. The Morgan fingerprint density at radius 2 is 2.08 bits per heavy atom. The summed E-state index contributed by atoms with van der Waals surface area (Å²) in [6.07, 6.45) is 2.72. The molecule has 0 aliphatic heterocycles. The zero-order chi connectivity index (χ0) is 19.2. The normalized spacial score (nSPS) is 18.3. The second-order valence-corrected chi connectivity index (χ2v) is 7.41. The highest BCUT2D eigenvalue weighted by Crippen LogP contribution is 2.39. The highest BCUT2D eigenvalue weighted by molar-refractivity contribution is 7.98. The van der Waals surface area contributed by atoms with Gasteiger partial charge in [0.2, 0.25) is 23.6 Å². The first-order chi connectivity index (χ1) is 12.3. The van der Waals surface area contributed by atoms with E-state index in [1.54, 1.807) is 11.8 Å². The summed E-state index contributed by atoms with van der Waals surface area (Å²) in [5, 5.41) is 9.13. The van der Waals surface area contributed by atoms with Crippen LogP contribution in [0.4, 0.5) is 8.78 Å². The van der Waals surface area contributed by atoms with Crippen LogP contribution in [-0.4, -0.2) is 45.9 Å². The topological polar surface area (TPSA) is 97.1 Å². The Morgan fingerprint density at radius 1 is 1.38 bits per heavy atom. The Kier molecular flexibility index (Phi) is 7.36. The number of rotatable bonds is 8. The van der Waals surface area contributed by atoms with Crippen LogP contribution in [0.5, 0.6) is 0 Å².